The number of aliphatic hydroxyl groups excluding tert-OH is 2. The Labute approximate surface area is 480 Å². The van der Waals surface area contributed by atoms with Crippen molar-refractivity contribution in [3.8, 4) is 0 Å². The van der Waals surface area contributed by atoms with Gasteiger partial charge in [0.15, 0.2) is 0 Å². The lowest BCUT2D eigenvalue weighted by atomic mass is 10.0. The molecule has 0 aliphatic carbocycles. The molecule has 0 aromatic carbocycles. The van der Waals surface area contributed by atoms with Gasteiger partial charge in [0.25, 0.3) is 0 Å². The van der Waals surface area contributed by atoms with Crippen LogP contribution in [0.5, 0.6) is 0 Å². The zero-order valence-electron chi connectivity index (χ0n) is 51.7. The fourth-order valence-electron chi connectivity index (χ4n) is 10.5. The molecule has 0 spiro atoms. The molecule has 0 saturated heterocycles. The summed E-state index contributed by atoms with van der Waals surface area (Å²) < 4.78 is 5.47. The van der Waals surface area contributed by atoms with Gasteiger partial charge in [-0.1, -0.05) is 319 Å². The van der Waals surface area contributed by atoms with Crippen LogP contribution in [0, 0.1) is 0 Å². The van der Waals surface area contributed by atoms with E-state index in [0.717, 1.165) is 57.8 Å². The summed E-state index contributed by atoms with van der Waals surface area (Å²) in [4.78, 5) is 24.6. The number of aliphatic hydroxyl groups is 2. The molecule has 0 aliphatic rings. The van der Waals surface area contributed by atoms with Crippen molar-refractivity contribution in [2.75, 3.05) is 13.2 Å². The molecule has 3 N–H and O–H groups in total. The summed E-state index contributed by atoms with van der Waals surface area (Å²) in [7, 11) is 0. The number of carbonyl (C=O) groups is 2. The van der Waals surface area contributed by atoms with E-state index >= 15 is 0 Å². The van der Waals surface area contributed by atoms with Gasteiger partial charge in [0.1, 0.15) is 0 Å². The summed E-state index contributed by atoms with van der Waals surface area (Å²) in [6, 6.07) is -0.636. The first-order chi connectivity index (χ1) is 38.0. The second-order valence-corrected chi connectivity index (χ2v) is 23.5. The second-order valence-electron chi connectivity index (χ2n) is 23.5. The van der Waals surface area contributed by atoms with Crippen LogP contribution in [0.15, 0.2) is 48.6 Å². The van der Waals surface area contributed by atoms with E-state index in [-0.39, 0.29) is 18.5 Å². The summed E-state index contributed by atoms with van der Waals surface area (Å²) in [6.45, 7) is 4.87. The third-order valence-corrected chi connectivity index (χ3v) is 15.8. The van der Waals surface area contributed by atoms with Crippen molar-refractivity contribution in [1.29, 1.82) is 0 Å². The van der Waals surface area contributed by atoms with Crippen LogP contribution in [0.2, 0.25) is 0 Å². The van der Waals surface area contributed by atoms with Crippen LogP contribution in [-0.4, -0.2) is 47.4 Å². The van der Waals surface area contributed by atoms with Gasteiger partial charge in [0, 0.05) is 12.8 Å². The number of amides is 1. The van der Waals surface area contributed by atoms with Gasteiger partial charge in [-0.3, -0.25) is 9.59 Å². The molecule has 6 nitrogen and oxygen atoms in total. The molecule has 6 heteroatoms. The van der Waals surface area contributed by atoms with Crippen molar-refractivity contribution < 1.29 is 24.5 Å². The van der Waals surface area contributed by atoms with Crippen molar-refractivity contribution in [1.82, 2.24) is 5.32 Å². The number of rotatable bonds is 64. The highest BCUT2D eigenvalue weighted by Crippen LogP contribution is 2.18. The Morgan fingerprint density at radius 3 is 1.04 bits per heavy atom. The Morgan fingerprint density at radius 1 is 0.364 bits per heavy atom. The highest BCUT2D eigenvalue weighted by molar-refractivity contribution is 5.76. The molecule has 0 aliphatic heterocycles. The van der Waals surface area contributed by atoms with Gasteiger partial charge in [-0.15, -0.1) is 0 Å². The molecule has 77 heavy (non-hydrogen) atoms. The van der Waals surface area contributed by atoms with Crippen LogP contribution in [0.3, 0.4) is 0 Å². The van der Waals surface area contributed by atoms with Crippen molar-refractivity contribution in [2.45, 2.75) is 379 Å². The summed E-state index contributed by atoms with van der Waals surface area (Å²) >= 11 is 0. The molecule has 2 atom stereocenters. The van der Waals surface area contributed by atoms with E-state index in [0.29, 0.717) is 19.4 Å². The zero-order chi connectivity index (χ0) is 55.7. The topological polar surface area (TPSA) is 95.9 Å². The lowest BCUT2D eigenvalue weighted by molar-refractivity contribution is -0.143. The van der Waals surface area contributed by atoms with E-state index in [2.05, 4.69) is 55.6 Å². The smallest absolute Gasteiger partial charge is 0.305 e. The number of esters is 1. The van der Waals surface area contributed by atoms with Crippen LogP contribution in [0.4, 0.5) is 0 Å². The van der Waals surface area contributed by atoms with Crippen molar-refractivity contribution in [2.24, 2.45) is 0 Å². The molecule has 0 saturated carbocycles. The van der Waals surface area contributed by atoms with Crippen LogP contribution >= 0.6 is 0 Å². The first-order valence-corrected chi connectivity index (χ1v) is 34.4. The number of allylic oxidation sites excluding steroid dienone is 7. The number of nitrogens with one attached hydrogen (secondary N) is 1. The second kappa shape index (κ2) is 66.3. The maximum absolute atomic E-state index is 12.5. The molecule has 0 rings (SSSR count). The van der Waals surface area contributed by atoms with Gasteiger partial charge < -0.3 is 20.3 Å². The Hall–Kier alpha value is -2.18. The Kier molecular flexibility index (Phi) is 64.5. The van der Waals surface area contributed by atoms with Crippen molar-refractivity contribution in [3.05, 3.63) is 48.6 Å². The minimum atomic E-state index is -0.852. The Morgan fingerprint density at radius 2 is 0.662 bits per heavy atom. The lowest BCUT2D eigenvalue weighted by Gasteiger charge is -2.20. The number of ether oxygens (including phenoxy) is 1. The van der Waals surface area contributed by atoms with Gasteiger partial charge in [-0.25, -0.2) is 0 Å². The summed E-state index contributed by atoms with van der Waals surface area (Å²) in [5.41, 5.74) is 0. The van der Waals surface area contributed by atoms with Gasteiger partial charge in [-0.05, 0) is 83.5 Å². The fourth-order valence-corrected chi connectivity index (χ4v) is 10.5. The largest absolute Gasteiger partial charge is 0.466 e. The highest BCUT2D eigenvalue weighted by atomic mass is 16.5. The molecule has 1 amide bonds. The third kappa shape index (κ3) is 62.9. The molecular formula is C71H133NO5. The summed E-state index contributed by atoms with van der Waals surface area (Å²) in [5, 5.41) is 23.3. The first kappa shape index (κ1) is 74.8. The highest BCUT2D eigenvalue weighted by Gasteiger charge is 2.18. The van der Waals surface area contributed by atoms with Crippen molar-refractivity contribution >= 4 is 11.9 Å². The van der Waals surface area contributed by atoms with Crippen LogP contribution < -0.4 is 5.32 Å². The Bertz CT molecular complexity index is 1290. The fraction of sp³-hybridized carbons (Fsp3) is 0.859. The molecule has 0 radical (unpaired) electrons. The first-order valence-electron chi connectivity index (χ1n) is 34.4. The third-order valence-electron chi connectivity index (χ3n) is 15.8. The average molecular weight is 1080 g/mol. The molecular weight excluding hydrogens is 947 g/mol. The van der Waals surface area contributed by atoms with Crippen molar-refractivity contribution in [3.63, 3.8) is 0 Å². The summed E-state index contributed by atoms with van der Waals surface area (Å²) in [6.07, 6.45) is 86.0. The average Bonchev–Trinajstić information content (AvgIpc) is 3.43. The SMILES string of the molecule is CCCC/C=C\C/C=C\CCCCCCCC(=O)OCCCCCCCCCCCC/C=C\CCCCCCCCCC(=O)NC(CO)C(O)/C=C/CCCCCCCCCCCCCCCCCCCCCCCCC. The lowest BCUT2D eigenvalue weighted by Crippen LogP contribution is -2.45. The number of hydrogen-bond donors (Lipinski definition) is 3. The van der Waals surface area contributed by atoms with Gasteiger partial charge in [0.05, 0.1) is 25.4 Å². The number of carbonyl (C=O) groups excluding carboxylic acids is 2. The van der Waals surface area contributed by atoms with Gasteiger partial charge >= 0.3 is 5.97 Å². The van der Waals surface area contributed by atoms with Gasteiger partial charge in [0.2, 0.25) is 5.91 Å². The molecule has 2 unspecified atom stereocenters. The minimum Gasteiger partial charge on any atom is -0.466 e. The zero-order valence-corrected chi connectivity index (χ0v) is 51.7. The maximum atomic E-state index is 12.5. The Balaban J connectivity index is 3.46. The summed E-state index contributed by atoms with van der Waals surface area (Å²) in [5.74, 6) is -0.0797. The molecule has 0 aromatic rings. The monoisotopic (exact) mass is 1080 g/mol. The van der Waals surface area contributed by atoms with Crippen LogP contribution in [0.25, 0.3) is 0 Å². The molecule has 0 bridgehead atoms. The molecule has 0 aromatic heterocycles. The quantitative estimate of drug-likeness (QED) is 0.0320. The maximum Gasteiger partial charge on any atom is 0.305 e. The minimum absolute atomic E-state index is 0.00686. The van der Waals surface area contributed by atoms with Crippen LogP contribution in [-0.2, 0) is 14.3 Å². The standard InChI is InChI=1S/C71H133NO5/c1-3-5-7-9-11-13-15-17-19-20-21-22-23-24-25-27-30-33-36-39-43-47-51-55-59-63-69(74)68(67-73)72-70(75)64-60-56-52-48-44-40-37-34-31-28-26-29-32-35-38-42-46-50-54-58-62-66-77-71(76)65-61-57-53-49-45-41-18-16-14-12-10-8-6-4-2/h10,12,16,18,28,31,59,63,68-69,73-74H,3-9,11,13-15,17,19-27,29-30,32-58,60-62,64-67H2,1-2H3,(H,72,75)/b12-10-,18-16-,31-28-,63-59+. The molecule has 452 valence electrons. The van der Waals surface area contributed by atoms with Crippen LogP contribution in [0.1, 0.15) is 367 Å². The van der Waals surface area contributed by atoms with E-state index in [9.17, 15) is 19.8 Å². The van der Waals surface area contributed by atoms with E-state index in [1.807, 2.05) is 6.08 Å². The van der Waals surface area contributed by atoms with E-state index in [4.69, 9.17) is 4.74 Å². The predicted molar refractivity (Wildman–Crippen MR) is 338 cm³/mol. The number of hydrogen-bond acceptors (Lipinski definition) is 5. The van der Waals surface area contributed by atoms with E-state index in [1.54, 1.807) is 6.08 Å². The van der Waals surface area contributed by atoms with E-state index < -0.39 is 12.1 Å². The normalized spacial score (nSPS) is 12.8. The molecule has 0 fully saturated rings. The molecule has 0 heterocycles. The van der Waals surface area contributed by atoms with Gasteiger partial charge in [-0.2, -0.15) is 0 Å². The predicted octanol–water partition coefficient (Wildman–Crippen LogP) is 22.1. The number of unbranched alkanes of at least 4 members (excludes halogenated alkanes) is 47. The van der Waals surface area contributed by atoms with E-state index in [1.165, 1.54) is 283 Å².